The molecule has 0 bridgehead atoms. The number of nitrogens with zero attached hydrogens (tertiary/aromatic N) is 4. The molecule has 4 aromatic rings. The molecule has 0 spiro atoms. The first-order chi connectivity index (χ1) is 13.4. The lowest BCUT2D eigenvalue weighted by Crippen LogP contribution is -2.27. The van der Waals surface area contributed by atoms with Gasteiger partial charge in [0, 0.05) is 17.3 Å². The van der Waals surface area contributed by atoms with E-state index in [0.717, 1.165) is 36.3 Å². The largest absolute Gasteiger partial charge is 0.338 e. The number of thiophene rings is 1. The molecule has 0 aliphatic carbocycles. The zero-order chi connectivity index (χ0) is 19.8. The van der Waals surface area contributed by atoms with Crippen LogP contribution in [0.3, 0.4) is 0 Å². The number of carbonyl (C=O) groups is 1. The third-order valence-corrected chi connectivity index (χ3v) is 7.66. The van der Waals surface area contributed by atoms with Crippen molar-refractivity contribution in [3.8, 4) is 0 Å². The second-order valence-electron chi connectivity index (χ2n) is 6.65. The monoisotopic (exact) mass is 428 g/mol. The number of hydrogen-bond acceptors (Lipinski definition) is 7. The Morgan fingerprint density at radius 2 is 1.89 bits per heavy atom. The standard InChI is InChI=1S/C20H20N4OS3/c1-11-12(2)27-20-18(11)19(21-13(3)22-20)26-10-17(25)24(4)9-16-23-14-7-5-6-8-15(14)28-16/h5-8H,9-10H2,1-4H3. The number of rotatable bonds is 5. The second-order valence-corrected chi connectivity index (χ2v) is 9.94. The van der Waals surface area contributed by atoms with Crippen molar-refractivity contribution in [2.75, 3.05) is 12.8 Å². The molecular formula is C20H20N4OS3. The van der Waals surface area contributed by atoms with Crippen LogP contribution in [0.2, 0.25) is 0 Å². The first kappa shape index (κ1) is 19.3. The van der Waals surface area contributed by atoms with Gasteiger partial charge < -0.3 is 4.90 Å². The molecule has 3 aromatic heterocycles. The van der Waals surface area contributed by atoms with Crippen molar-refractivity contribution in [2.45, 2.75) is 32.3 Å². The normalized spacial score (nSPS) is 11.4. The van der Waals surface area contributed by atoms with Crippen LogP contribution in [0.25, 0.3) is 20.4 Å². The van der Waals surface area contributed by atoms with E-state index in [1.807, 2.05) is 32.2 Å². The average Bonchev–Trinajstić information content (AvgIpc) is 3.19. The topological polar surface area (TPSA) is 59.0 Å². The van der Waals surface area contributed by atoms with Gasteiger partial charge in [0.25, 0.3) is 0 Å². The van der Waals surface area contributed by atoms with Gasteiger partial charge in [0.2, 0.25) is 5.91 Å². The summed E-state index contributed by atoms with van der Waals surface area (Å²) in [6.45, 7) is 6.61. The molecule has 0 saturated carbocycles. The van der Waals surface area contributed by atoms with E-state index in [0.29, 0.717) is 12.3 Å². The molecule has 0 fully saturated rings. The minimum Gasteiger partial charge on any atom is -0.338 e. The summed E-state index contributed by atoms with van der Waals surface area (Å²) in [6, 6.07) is 8.05. The first-order valence-electron chi connectivity index (χ1n) is 8.88. The molecule has 1 aromatic carbocycles. The van der Waals surface area contributed by atoms with Gasteiger partial charge in [-0.1, -0.05) is 23.9 Å². The molecule has 0 radical (unpaired) electrons. The molecule has 144 valence electrons. The average molecular weight is 429 g/mol. The summed E-state index contributed by atoms with van der Waals surface area (Å²) in [5.74, 6) is 1.16. The number of thioether (sulfide) groups is 1. The fourth-order valence-corrected chi connectivity index (χ4v) is 6.17. The number of amides is 1. The smallest absolute Gasteiger partial charge is 0.233 e. The lowest BCUT2D eigenvalue weighted by molar-refractivity contribution is -0.127. The Hall–Kier alpha value is -2.03. The number of fused-ring (bicyclic) bond motifs is 2. The number of hydrogen-bond donors (Lipinski definition) is 0. The van der Waals surface area contributed by atoms with Gasteiger partial charge in [0.1, 0.15) is 20.7 Å². The van der Waals surface area contributed by atoms with Crippen molar-refractivity contribution in [3.63, 3.8) is 0 Å². The zero-order valence-electron chi connectivity index (χ0n) is 16.1. The van der Waals surface area contributed by atoms with Crippen LogP contribution in [-0.2, 0) is 11.3 Å². The Morgan fingerprint density at radius 3 is 2.68 bits per heavy atom. The molecule has 1 amide bonds. The quantitative estimate of drug-likeness (QED) is 0.331. The van der Waals surface area contributed by atoms with Crippen LogP contribution in [-0.4, -0.2) is 38.6 Å². The van der Waals surface area contributed by atoms with Gasteiger partial charge in [-0.05, 0) is 38.5 Å². The molecule has 0 aliphatic heterocycles. The summed E-state index contributed by atoms with van der Waals surface area (Å²) in [5.41, 5.74) is 2.19. The van der Waals surface area contributed by atoms with Crippen LogP contribution in [0.15, 0.2) is 29.3 Å². The SMILES string of the molecule is Cc1nc(SCC(=O)N(C)Cc2nc3ccccc3s2)c2c(C)c(C)sc2n1. The molecule has 8 heteroatoms. The predicted molar refractivity (Wildman–Crippen MR) is 118 cm³/mol. The highest BCUT2D eigenvalue weighted by molar-refractivity contribution is 8.00. The van der Waals surface area contributed by atoms with Gasteiger partial charge in [-0.3, -0.25) is 4.79 Å². The summed E-state index contributed by atoms with van der Waals surface area (Å²) in [5, 5.41) is 2.93. The van der Waals surface area contributed by atoms with E-state index in [4.69, 9.17) is 0 Å². The maximum atomic E-state index is 12.7. The Labute approximate surface area is 175 Å². The van der Waals surface area contributed by atoms with Crippen LogP contribution >= 0.6 is 34.4 Å². The van der Waals surface area contributed by atoms with Gasteiger partial charge in [-0.25, -0.2) is 15.0 Å². The summed E-state index contributed by atoms with van der Waals surface area (Å²) in [6.07, 6.45) is 0. The summed E-state index contributed by atoms with van der Waals surface area (Å²) in [4.78, 5) is 30.4. The lowest BCUT2D eigenvalue weighted by Gasteiger charge is -2.15. The van der Waals surface area contributed by atoms with Gasteiger partial charge in [-0.2, -0.15) is 0 Å². The second kappa shape index (κ2) is 7.77. The third kappa shape index (κ3) is 3.76. The van der Waals surface area contributed by atoms with Crippen LogP contribution in [0.1, 0.15) is 21.3 Å². The van der Waals surface area contributed by atoms with E-state index in [2.05, 4.69) is 34.9 Å². The van der Waals surface area contributed by atoms with Crippen molar-refractivity contribution in [1.82, 2.24) is 19.9 Å². The molecule has 5 nitrogen and oxygen atoms in total. The third-order valence-electron chi connectivity index (χ3n) is 4.58. The lowest BCUT2D eigenvalue weighted by atomic mass is 10.2. The van der Waals surface area contributed by atoms with Crippen molar-refractivity contribution < 1.29 is 4.79 Å². The highest BCUT2D eigenvalue weighted by atomic mass is 32.2. The Kier molecular flexibility index (Phi) is 5.35. The molecule has 28 heavy (non-hydrogen) atoms. The van der Waals surface area contributed by atoms with Crippen molar-refractivity contribution >= 4 is 60.8 Å². The summed E-state index contributed by atoms with van der Waals surface area (Å²) >= 11 is 4.81. The summed E-state index contributed by atoms with van der Waals surface area (Å²) < 4.78 is 1.15. The molecule has 0 saturated heterocycles. The molecule has 3 heterocycles. The number of thiazole rings is 1. The highest BCUT2D eigenvalue weighted by Gasteiger charge is 2.17. The van der Waals surface area contributed by atoms with Gasteiger partial charge in [0.05, 0.1) is 22.5 Å². The highest BCUT2D eigenvalue weighted by Crippen LogP contribution is 2.35. The first-order valence-corrected chi connectivity index (χ1v) is 11.5. The van der Waals surface area contributed by atoms with E-state index in [9.17, 15) is 4.79 Å². The van der Waals surface area contributed by atoms with E-state index >= 15 is 0 Å². The number of benzene rings is 1. The molecule has 4 rings (SSSR count). The maximum absolute atomic E-state index is 12.7. The van der Waals surface area contributed by atoms with Gasteiger partial charge in [0.15, 0.2) is 0 Å². The van der Waals surface area contributed by atoms with E-state index in [-0.39, 0.29) is 5.91 Å². The Morgan fingerprint density at radius 1 is 1.11 bits per heavy atom. The van der Waals surface area contributed by atoms with Crippen LogP contribution in [0.5, 0.6) is 0 Å². The minimum atomic E-state index is 0.0678. The Bertz CT molecular complexity index is 1150. The minimum absolute atomic E-state index is 0.0678. The summed E-state index contributed by atoms with van der Waals surface area (Å²) in [7, 11) is 1.83. The van der Waals surface area contributed by atoms with Crippen molar-refractivity contribution in [1.29, 1.82) is 0 Å². The number of aryl methyl sites for hydroxylation is 3. The zero-order valence-corrected chi connectivity index (χ0v) is 18.6. The fourth-order valence-electron chi connectivity index (χ4n) is 2.94. The van der Waals surface area contributed by atoms with Crippen LogP contribution in [0.4, 0.5) is 0 Å². The number of para-hydroxylation sites is 1. The molecule has 0 aliphatic rings. The van der Waals surface area contributed by atoms with Gasteiger partial charge >= 0.3 is 0 Å². The predicted octanol–water partition coefficient (Wildman–Crippen LogP) is 4.98. The van der Waals surface area contributed by atoms with Crippen molar-refractivity contribution in [2.24, 2.45) is 0 Å². The van der Waals surface area contributed by atoms with Crippen LogP contribution in [0, 0.1) is 20.8 Å². The van der Waals surface area contributed by atoms with E-state index < -0.39 is 0 Å². The molecule has 0 unspecified atom stereocenters. The maximum Gasteiger partial charge on any atom is 0.233 e. The number of aromatic nitrogens is 3. The molecular weight excluding hydrogens is 408 g/mol. The molecule has 0 N–H and O–H groups in total. The van der Waals surface area contributed by atoms with E-state index in [1.54, 1.807) is 27.6 Å². The van der Waals surface area contributed by atoms with E-state index in [1.165, 1.54) is 22.2 Å². The van der Waals surface area contributed by atoms with Crippen LogP contribution < -0.4 is 0 Å². The molecule has 0 atom stereocenters. The fraction of sp³-hybridized carbons (Fsp3) is 0.300. The Balaban J connectivity index is 1.47. The number of carbonyl (C=O) groups excluding carboxylic acids is 1. The van der Waals surface area contributed by atoms with Crippen molar-refractivity contribution in [3.05, 3.63) is 45.5 Å². The van der Waals surface area contributed by atoms with Gasteiger partial charge in [-0.15, -0.1) is 22.7 Å².